The number of benzene rings is 1. The Morgan fingerprint density at radius 2 is 1.79 bits per heavy atom. The van der Waals surface area contributed by atoms with Gasteiger partial charge in [-0.05, 0) is 24.6 Å². The van der Waals surface area contributed by atoms with E-state index in [2.05, 4.69) is 10.6 Å². The Kier molecular flexibility index (Phi) is 5.99. The van der Waals surface area contributed by atoms with Gasteiger partial charge in [-0.2, -0.15) is 0 Å². The molecule has 0 aliphatic rings. The van der Waals surface area contributed by atoms with Crippen molar-refractivity contribution in [2.24, 2.45) is 0 Å². The standard InChI is InChI=1S/C15H24N2O2/c1-5-14(18)17-13-8-6-12(7-9-13)15(19)11(4)16-10(2)3/h6-11,15-16,19H,5H2,1-4H3,(H,17,18). The molecule has 0 fully saturated rings. The number of anilines is 1. The van der Waals surface area contributed by atoms with Crippen LogP contribution in [0.25, 0.3) is 0 Å². The van der Waals surface area contributed by atoms with Crippen molar-refractivity contribution in [2.45, 2.75) is 52.3 Å². The van der Waals surface area contributed by atoms with Crippen molar-refractivity contribution in [3.8, 4) is 0 Å². The van der Waals surface area contributed by atoms with E-state index in [1.54, 1.807) is 0 Å². The van der Waals surface area contributed by atoms with Crippen LogP contribution in [0.5, 0.6) is 0 Å². The van der Waals surface area contributed by atoms with Crippen molar-refractivity contribution in [2.75, 3.05) is 5.32 Å². The number of aliphatic hydroxyl groups is 1. The smallest absolute Gasteiger partial charge is 0.224 e. The lowest BCUT2D eigenvalue weighted by Gasteiger charge is -2.23. The van der Waals surface area contributed by atoms with Crippen LogP contribution < -0.4 is 10.6 Å². The molecule has 1 rings (SSSR count). The average Bonchev–Trinajstić information content (AvgIpc) is 2.37. The first-order chi connectivity index (χ1) is 8.93. The summed E-state index contributed by atoms with van der Waals surface area (Å²) in [5.41, 5.74) is 1.60. The van der Waals surface area contributed by atoms with Crippen LogP contribution in [0.4, 0.5) is 5.69 Å². The van der Waals surface area contributed by atoms with Crippen molar-refractivity contribution in [1.82, 2.24) is 5.32 Å². The van der Waals surface area contributed by atoms with Crippen LogP contribution in [0, 0.1) is 0 Å². The Labute approximate surface area is 115 Å². The van der Waals surface area contributed by atoms with Gasteiger partial charge in [-0.3, -0.25) is 4.79 Å². The summed E-state index contributed by atoms with van der Waals surface area (Å²) in [4.78, 5) is 11.3. The predicted molar refractivity (Wildman–Crippen MR) is 78.1 cm³/mol. The molecule has 0 saturated heterocycles. The summed E-state index contributed by atoms with van der Waals surface area (Å²) >= 11 is 0. The third-order valence-electron chi connectivity index (χ3n) is 2.93. The molecule has 0 heterocycles. The fourth-order valence-corrected chi connectivity index (χ4v) is 1.92. The van der Waals surface area contributed by atoms with E-state index in [0.29, 0.717) is 12.5 Å². The van der Waals surface area contributed by atoms with Gasteiger partial charge >= 0.3 is 0 Å². The van der Waals surface area contributed by atoms with Crippen molar-refractivity contribution < 1.29 is 9.90 Å². The van der Waals surface area contributed by atoms with Gasteiger partial charge in [0.25, 0.3) is 0 Å². The van der Waals surface area contributed by atoms with E-state index in [4.69, 9.17) is 0 Å². The Morgan fingerprint density at radius 3 is 2.26 bits per heavy atom. The van der Waals surface area contributed by atoms with E-state index in [0.717, 1.165) is 11.3 Å². The van der Waals surface area contributed by atoms with Crippen molar-refractivity contribution >= 4 is 11.6 Å². The SMILES string of the molecule is CCC(=O)Nc1ccc(C(O)C(C)NC(C)C)cc1. The summed E-state index contributed by atoms with van der Waals surface area (Å²) in [6, 6.07) is 7.62. The maximum absolute atomic E-state index is 11.3. The maximum atomic E-state index is 11.3. The zero-order valence-corrected chi connectivity index (χ0v) is 12.1. The molecule has 0 spiro atoms. The van der Waals surface area contributed by atoms with E-state index in [1.807, 2.05) is 52.0 Å². The van der Waals surface area contributed by atoms with Gasteiger partial charge in [0.2, 0.25) is 5.91 Å². The molecule has 0 radical (unpaired) electrons. The van der Waals surface area contributed by atoms with Crippen LogP contribution in [0.15, 0.2) is 24.3 Å². The molecule has 4 heteroatoms. The zero-order chi connectivity index (χ0) is 14.4. The van der Waals surface area contributed by atoms with Crippen LogP contribution in [-0.4, -0.2) is 23.1 Å². The highest BCUT2D eigenvalue weighted by Gasteiger charge is 2.16. The Balaban J connectivity index is 2.67. The fraction of sp³-hybridized carbons (Fsp3) is 0.533. The Bertz CT molecular complexity index is 401. The second kappa shape index (κ2) is 7.26. The van der Waals surface area contributed by atoms with Gasteiger partial charge in [-0.1, -0.05) is 32.9 Å². The summed E-state index contributed by atoms with van der Waals surface area (Å²) in [7, 11) is 0. The number of rotatable bonds is 6. The monoisotopic (exact) mass is 264 g/mol. The number of nitrogens with one attached hydrogen (secondary N) is 2. The molecule has 0 aromatic heterocycles. The Hall–Kier alpha value is -1.39. The van der Waals surface area contributed by atoms with Crippen molar-refractivity contribution in [3.05, 3.63) is 29.8 Å². The summed E-state index contributed by atoms with van der Waals surface area (Å²) in [5.74, 6) is -0.0110. The highest BCUT2D eigenvalue weighted by atomic mass is 16.3. The molecule has 4 nitrogen and oxygen atoms in total. The third-order valence-corrected chi connectivity index (χ3v) is 2.93. The molecule has 3 N–H and O–H groups in total. The second-order valence-corrected chi connectivity index (χ2v) is 5.08. The van der Waals surface area contributed by atoms with E-state index in [-0.39, 0.29) is 11.9 Å². The second-order valence-electron chi connectivity index (χ2n) is 5.08. The quantitative estimate of drug-likeness (QED) is 0.739. The number of hydrogen-bond acceptors (Lipinski definition) is 3. The number of aliphatic hydroxyl groups excluding tert-OH is 1. The molecule has 19 heavy (non-hydrogen) atoms. The maximum Gasteiger partial charge on any atom is 0.224 e. The molecule has 2 atom stereocenters. The minimum absolute atomic E-state index is 0.0110. The topological polar surface area (TPSA) is 61.4 Å². The lowest BCUT2D eigenvalue weighted by Crippen LogP contribution is -2.36. The van der Waals surface area contributed by atoms with Crippen LogP contribution in [-0.2, 0) is 4.79 Å². The predicted octanol–water partition coefficient (Wildman–Crippen LogP) is 2.46. The minimum Gasteiger partial charge on any atom is -0.387 e. The van der Waals surface area contributed by atoms with Gasteiger partial charge in [-0.25, -0.2) is 0 Å². The number of carbonyl (C=O) groups excluding carboxylic acids is 1. The molecular weight excluding hydrogens is 240 g/mol. The molecule has 1 amide bonds. The molecule has 0 bridgehead atoms. The summed E-state index contributed by atoms with van der Waals surface area (Å²) in [6.45, 7) is 7.86. The van der Waals surface area contributed by atoms with Gasteiger partial charge < -0.3 is 15.7 Å². The summed E-state index contributed by atoms with van der Waals surface area (Å²) < 4.78 is 0. The van der Waals surface area contributed by atoms with Gasteiger partial charge in [0, 0.05) is 24.2 Å². The first-order valence-electron chi connectivity index (χ1n) is 6.78. The van der Waals surface area contributed by atoms with Crippen LogP contribution in [0.2, 0.25) is 0 Å². The van der Waals surface area contributed by atoms with Gasteiger partial charge in [0.05, 0.1) is 6.10 Å². The van der Waals surface area contributed by atoms with E-state index < -0.39 is 6.10 Å². The number of hydrogen-bond donors (Lipinski definition) is 3. The molecular formula is C15H24N2O2. The first-order valence-corrected chi connectivity index (χ1v) is 6.78. The molecule has 0 saturated carbocycles. The zero-order valence-electron chi connectivity index (χ0n) is 12.1. The van der Waals surface area contributed by atoms with Crippen LogP contribution in [0.3, 0.4) is 0 Å². The first kappa shape index (κ1) is 15.7. The Morgan fingerprint density at radius 1 is 1.21 bits per heavy atom. The van der Waals surface area contributed by atoms with Crippen molar-refractivity contribution in [1.29, 1.82) is 0 Å². The fourth-order valence-electron chi connectivity index (χ4n) is 1.92. The van der Waals surface area contributed by atoms with Gasteiger partial charge in [-0.15, -0.1) is 0 Å². The normalized spacial score (nSPS) is 14.2. The van der Waals surface area contributed by atoms with E-state index in [1.165, 1.54) is 0 Å². The lowest BCUT2D eigenvalue weighted by atomic mass is 10.0. The third kappa shape index (κ3) is 5.01. The average molecular weight is 264 g/mol. The van der Waals surface area contributed by atoms with Gasteiger partial charge in [0.15, 0.2) is 0 Å². The highest BCUT2D eigenvalue weighted by molar-refractivity contribution is 5.90. The largest absolute Gasteiger partial charge is 0.387 e. The molecule has 1 aromatic carbocycles. The molecule has 0 aliphatic carbocycles. The van der Waals surface area contributed by atoms with E-state index >= 15 is 0 Å². The van der Waals surface area contributed by atoms with E-state index in [9.17, 15) is 9.90 Å². The molecule has 1 aromatic rings. The number of carbonyl (C=O) groups is 1. The van der Waals surface area contributed by atoms with Crippen LogP contribution >= 0.6 is 0 Å². The molecule has 2 unspecified atom stereocenters. The lowest BCUT2D eigenvalue weighted by molar-refractivity contribution is -0.115. The van der Waals surface area contributed by atoms with Crippen molar-refractivity contribution in [3.63, 3.8) is 0 Å². The molecule has 106 valence electrons. The van der Waals surface area contributed by atoms with Gasteiger partial charge in [0.1, 0.15) is 0 Å². The highest BCUT2D eigenvalue weighted by Crippen LogP contribution is 2.19. The van der Waals surface area contributed by atoms with Crippen LogP contribution in [0.1, 0.15) is 45.8 Å². The minimum atomic E-state index is -0.557. The number of amides is 1. The summed E-state index contributed by atoms with van der Waals surface area (Å²) in [5, 5.41) is 16.3. The summed E-state index contributed by atoms with van der Waals surface area (Å²) in [6.07, 6.45) is -0.0991. The molecule has 0 aliphatic heterocycles.